The summed E-state index contributed by atoms with van der Waals surface area (Å²) in [5, 5.41) is 0.669. The molecule has 2 heteroatoms. The molecule has 0 saturated heterocycles. The highest BCUT2D eigenvalue weighted by Crippen LogP contribution is 2.17. The minimum absolute atomic E-state index is 0.152. The SMILES string of the molecule is C=CCCC(=O)c1ccc(Cl)cc1C. The van der Waals surface area contributed by atoms with Gasteiger partial charge in [-0.25, -0.2) is 0 Å². The van der Waals surface area contributed by atoms with Crippen LogP contribution in [-0.4, -0.2) is 5.78 Å². The van der Waals surface area contributed by atoms with Gasteiger partial charge in [-0.2, -0.15) is 0 Å². The smallest absolute Gasteiger partial charge is 0.163 e. The molecule has 0 aliphatic rings. The Kier molecular flexibility index (Phi) is 3.90. The van der Waals surface area contributed by atoms with Crippen LogP contribution in [0.15, 0.2) is 30.9 Å². The molecule has 1 aromatic carbocycles. The average molecular weight is 209 g/mol. The summed E-state index contributed by atoms with van der Waals surface area (Å²) < 4.78 is 0. The summed E-state index contributed by atoms with van der Waals surface area (Å²) in [4.78, 5) is 11.6. The Bertz CT molecular complexity index is 355. The number of hydrogen-bond acceptors (Lipinski definition) is 1. The molecule has 0 atom stereocenters. The lowest BCUT2D eigenvalue weighted by Gasteiger charge is -2.03. The van der Waals surface area contributed by atoms with Gasteiger partial charge < -0.3 is 0 Å². The molecule has 0 saturated carbocycles. The quantitative estimate of drug-likeness (QED) is 0.544. The number of carbonyl (C=O) groups excluding carboxylic acids is 1. The van der Waals surface area contributed by atoms with E-state index in [1.807, 2.05) is 13.0 Å². The molecule has 0 heterocycles. The van der Waals surface area contributed by atoms with Crippen LogP contribution in [0, 0.1) is 6.92 Å². The van der Waals surface area contributed by atoms with Crippen molar-refractivity contribution in [3.05, 3.63) is 47.0 Å². The summed E-state index contributed by atoms with van der Waals surface area (Å²) in [5.41, 5.74) is 1.70. The molecule has 1 rings (SSSR count). The molecule has 0 N–H and O–H groups in total. The Morgan fingerprint density at radius 2 is 2.29 bits per heavy atom. The zero-order chi connectivity index (χ0) is 10.6. The van der Waals surface area contributed by atoms with E-state index in [-0.39, 0.29) is 5.78 Å². The van der Waals surface area contributed by atoms with Gasteiger partial charge >= 0.3 is 0 Å². The van der Waals surface area contributed by atoms with Crippen LogP contribution in [0.2, 0.25) is 5.02 Å². The highest BCUT2D eigenvalue weighted by molar-refractivity contribution is 6.30. The molecule has 0 aromatic heterocycles. The van der Waals surface area contributed by atoms with Crippen LogP contribution in [0.3, 0.4) is 0 Å². The third-order valence-electron chi connectivity index (χ3n) is 2.06. The van der Waals surface area contributed by atoms with Crippen LogP contribution in [0.1, 0.15) is 28.8 Å². The van der Waals surface area contributed by atoms with Crippen molar-refractivity contribution in [2.24, 2.45) is 0 Å². The number of ketones is 1. The molecule has 0 spiro atoms. The lowest BCUT2D eigenvalue weighted by Crippen LogP contribution is -2.00. The molecule has 1 aromatic rings. The standard InChI is InChI=1S/C12H13ClO/c1-3-4-5-12(14)11-7-6-10(13)8-9(11)2/h3,6-8H,1,4-5H2,2H3. The Hall–Kier alpha value is -1.08. The summed E-state index contributed by atoms with van der Waals surface area (Å²) in [6.07, 6.45) is 3.00. The molecule has 14 heavy (non-hydrogen) atoms. The maximum absolute atomic E-state index is 11.6. The van der Waals surface area contributed by atoms with Crippen LogP contribution in [0.4, 0.5) is 0 Å². The van der Waals surface area contributed by atoms with E-state index in [1.54, 1.807) is 18.2 Å². The topological polar surface area (TPSA) is 17.1 Å². The van der Waals surface area contributed by atoms with Gasteiger partial charge in [-0.1, -0.05) is 17.7 Å². The van der Waals surface area contributed by atoms with Crippen LogP contribution >= 0.6 is 11.6 Å². The first-order valence-electron chi connectivity index (χ1n) is 4.55. The number of rotatable bonds is 4. The van der Waals surface area contributed by atoms with E-state index >= 15 is 0 Å². The van der Waals surface area contributed by atoms with Crippen molar-refractivity contribution in [2.45, 2.75) is 19.8 Å². The van der Waals surface area contributed by atoms with Crippen molar-refractivity contribution in [3.8, 4) is 0 Å². The number of benzene rings is 1. The molecule has 74 valence electrons. The molecule has 0 fully saturated rings. The zero-order valence-electron chi connectivity index (χ0n) is 8.22. The van der Waals surface area contributed by atoms with Crippen molar-refractivity contribution in [1.82, 2.24) is 0 Å². The number of Topliss-reactive ketones (excluding diaryl/α,β-unsaturated/α-hetero) is 1. The van der Waals surface area contributed by atoms with Crippen molar-refractivity contribution >= 4 is 17.4 Å². The average Bonchev–Trinajstić information content (AvgIpc) is 2.14. The molecular weight excluding hydrogens is 196 g/mol. The third kappa shape index (κ3) is 2.71. The van der Waals surface area contributed by atoms with Gasteiger partial charge in [0.2, 0.25) is 0 Å². The van der Waals surface area contributed by atoms with Crippen LogP contribution in [0.25, 0.3) is 0 Å². The summed E-state index contributed by atoms with van der Waals surface area (Å²) in [6, 6.07) is 5.33. The predicted octanol–water partition coefficient (Wildman–Crippen LogP) is 3.80. The molecule has 0 aliphatic carbocycles. The van der Waals surface area contributed by atoms with Gasteiger partial charge in [0.05, 0.1) is 0 Å². The number of hydrogen-bond donors (Lipinski definition) is 0. The van der Waals surface area contributed by atoms with Crippen molar-refractivity contribution < 1.29 is 4.79 Å². The normalized spacial score (nSPS) is 9.86. The van der Waals surface area contributed by atoms with E-state index in [4.69, 9.17) is 11.6 Å². The number of aryl methyl sites for hydroxylation is 1. The van der Waals surface area contributed by atoms with Gasteiger partial charge in [0.15, 0.2) is 5.78 Å². The minimum Gasteiger partial charge on any atom is -0.294 e. The Balaban J connectivity index is 2.84. The first-order valence-corrected chi connectivity index (χ1v) is 4.93. The number of allylic oxidation sites excluding steroid dienone is 1. The summed E-state index contributed by atoms with van der Waals surface area (Å²) >= 11 is 5.80. The molecule has 0 bridgehead atoms. The fraction of sp³-hybridized carbons (Fsp3) is 0.250. The number of halogens is 1. The van der Waals surface area contributed by atoms with Crippen LogP contribution in [0.5, 0.6) is 0 Å². The lowest BCUT2D eigenvalue weighted by atomic mass is 10.0. The maximum Gasteiger partial charge on any atom is 0.163 e. The number of carbonyl (C=O) groups is 1. The second-order valence-electron chi connectivity index (χ2n) is 3.21. The second-order valence-corrected chi connectivity index (χ2v) is 3.65. The van der Waals surface area contributed by atoms with Crippen LogP contribution < -0.4 is 0 Å². The van der Waals surface area contributed by atoms with Crippen molar-refractivity contribution in [3.63, 3.8) is 0 Å². The first kappa shape index (κ1) is 11.0. The van der Waals surface area contributed by atoms with E-state index < -0.39 is 0 Å². The minimum atomic E-state index is 0.152. The first-order chi connectivity index (χ1) is 6.65. The van der Waals surface area contributed by atoms with Crippen molar-refractivity contribution in [2.75, 3.05) is 0 Å². The Morgan fingerprint density at radius 3 is 2.86 bits per heavy atom. The van der Waals surface area contributed by atoms with Crippen LogP contribution in [-0.2, 0) is 0 Å². The highest BCUT2D eigenvalue weighted by atomic mass is 35.5. The van der Waals surface area contributed by atoms with Gasteiger partial charge in [0.1, 0.15) is 0 Å². The summed E-state index contributed by atoms with van der Waals surface area (Å²) in [5.74, 6) is 0.152. The molecule has 0 amide bonds. The Morgan fingerprint density at radius 1 is 1.57 bits per heavy atom. The monoisotopic (exact) mass is 208 g/mol. The molecule has 0 aliphatic heterocycles. The highest BCUT2D eigenvalue weighted by Gasteiger charge is 2.07. The predicted molar refractivity (Wildman–Crippen MR) is 60.0 cm³/mol. The zero-order valence-corrected chi connectivity index (χ0v) is 8.97. The summed E-state index contributed by atoms with van der Waals surface area (Å²) in [6.45, 7) is 5.49. The fourth-order valence-corrected chi connectivity index (χ4v) is 1.53. The molecule has 1 nitrogen and oxygen atoms in total. The van der Waals surface area contributed by atoms with E-state index in [2.05, 4.69) is 6.58 Å². The van der Waals surface area contributed by atoms with E-state index in [9.17, 15) is 4.79 Å². The maximum atomic E-state index is 11.6. The van der Waals surface area contributed by atoms with Gasteiger partial charge in [-0.15, -0.1) is 6.58 Å². The molecule has 0 radical (unpaired) electrons. The molecular formula is C12H13ClO. The Labute approximate surface area is 89.4 Å². The van der Waals surface area contributed by atoms with Gasteiger partial charge in [0.25, 0.3) is 0 Å². The van der Waals surface area contributed by atoms with E-state index in [0.717, 1.165) is 17.5 Å². The van der Waals surface area contributed by atoms with Gasteiger partial charge in [0, 0.05) is 17.0 Å². The largest absolute Gasteiger partial charge is 0.294 e. The molecule has 0 unspecified atom stereocenters. The van der Waals surface area contributed by atoms with Crippen molar-refractivity contribution in [1.29, 1.82) is 0 Å². The van der Waals surface area contributed by atoms with E-state index in [0.29, 0.717) is 11.4 Å². The second kappa shape index (κ2) is 4.97. The van der Waals surface area contributed by atoms with Gasteiger partial charge in [-0.05, 0) is 37.1 Å². The third-order valence-corrected chi connectivity index (χ3v) is 2.30. The summed E-state index contributed by atoms with van der Waals surface area (Å²) in [7, 11) is 0. The lowest BCUT2D eigenvalue weighted by molar-refractivity contribution is 0.0983. The van der Waals surface area contributed by atoms with E-state index in [1.165, 1.54) is 0 Å². The fourth-order valence-electron chi connectivity index (χ4n) is 1.31. The van der Waals surface area contributed by atoms with Gasteiger partial charge in [-0.3, -0.25) is 4.79 Å².